The Morgan fingerprint density at radius 1 is 0.958 bits per heavy atom. The summed E-state index contributed by atoms with van der Waals surface area (Å²) in [5.41, 5.74) is 0.869. The van der Waals surface area contributed by atoms with Crippen molar-refractivity contribution in [3.05, 3.63) is 71.3 Å². The summed E-state index contributed by atoms with van der Waals surface area (Å²) in [5.74, 6) is -1.35. The molecule has 0 bridgehead atoms. The molecule has 0 saturated carbocycles. The van der Waals surface area contributed by atoms with Gasteiger partial charge in [-0.15, -0.1) is 0 Å². The highest BCUT2D eigenvalue weighted by Gasteiger charge is 2.22. The molecule has 0 fully saturated rings. The molecule has 0 radical (unpaired) electrons. The van der Waals surface area contributed by atoms with Crippen molar-refractivity contribution in [1.82, 2.24) is 5.32 Å². The summed E-state index contributed by atoms with van der Waals surface area (Å²) in [6, 6.07) is 15.1. The summed E-state index contributed by atoms with van der Waals surface area (Å²) in [7, 11) is 0. The molecule has 0 aromatic heterocycles. The third-order valence-corrected chi connectivity index (χ3v) is 3.43. The first-order valence-electron chi connectivity index (χ1n) is 7.72. The molecule has 2 aromatic rings. The van der Waals surface area contributed by atoms with Crippen molar-refractivity contribution in [1.29, 1.82) is 0 Å². The molecule has 24 heavy (non-hydrogen) atoms. The zero-order chi connectivity index (χ0) is 17.5. The van der Waals surface area contributed by atoms with E-state index in [1.54, 1.807) is 49.4 Å². The second-order valence-electron chi connectivity index (χ2n) is 5.18. The molecule has 0 aliphatic heterocycles. The molecule has 5 nitrogen and oxygen atoms in total. The fraction of sp³-hybridized carbons (Fsp3) is 0.211. The molecular weight excluding hydrogens is 306 g/mol. The summed E-state index contributed by atoms with van der Waals surface area (Å²) < 4.78 is 5.17. The van der Waals surface area contributed by atoms with E-state index >= 15 is 0 Å². The molecule has 0 spiro atoms. The van der Waals surface area contributed by atoms with E-state index in [9.17, 15) is 14.4 Å². The maximum Gasteiger partial charge on any atom is 0.339 e. The lowest BCUT2D eigenvalue weighted by molar-refractivity contribution is -0.128. The maximum absolute atomic E-state index is 12.6. The normalized spacial score (nSPS) is 11.4. The molecule has 2 aromatic carbocycles. The molecule has 0 aliphatic carbocycles. The summed E-state index contributed by atoms with van der Waals surface area (Å²) in [5, 5.41) is 2.58. The van der Waals surface area contributed by atoms with Crippen molar-refractivity contribution in [2.45, 2.75) is 20.0 Å². The summed E-state index contributed by atoms with van der Waals surface area (Å²) in [6.07, 6.45) is -0.933. The zero-order valence-corrected chi connectivity index (χ0v) is 13.6. The maximum atomic E-state index is 12.6. The molecule has 124 valence electrons. The number of hydrogen-bond donors (Lipinski definition) is 1. The van der Waals surface area contributed by atoms with E-state index in [-0.39, 0.29) is 22.8 Å². The van der Waals surface area contributed by atoms with Gasteiger partial charge in [0.25, 0.3) is 5.91 Å². The van der Waals surface area contributed by atoms with Crippen LogP contribution in [-0.4, -0.2) is 30.3 Å². The van der Waals surface area contributed by atoms with E-state index in [1.807, 2.05) is 6.07 Å². The SMILES string of the molecule is CCNC(=O)[C@H](C)OC(=O)c1ccccc1C(=O)c1ccccc1. The Hall–Kier alpha value is -2.95. The van der Waals surface area contributed by atoms with E-state index in [2.05, 4.69) is 5.32 Å². The van der Waals surface area contributed by atoms with Gasteiger partial charge in [0.1, 0.15) is 0 Å². The van der Waals surface area contributed by atoms with Crippen LogP contribution in [0.1, 0.15) is 40.1 Å². The van der Waals surface area contributed by atoms with E-state index in [0.717, 1.165) is 0 Å². The average molecular weight is 325 g/mol. The van der Waals surface area contributed by atoms with E-state index in [4.69, 9.17) is 4.74 Å². The summed E-state index contributed by atoms with van der Waals surface area (Å²) in [4.78, 5) is 36.7. The van der Waals surface area contributed by atoms with Crippen LogP contribution in [0.25, 0.3) is 0 Å². The summed E-state index contributed by atoms with van der Waals surface area (Å²) >= 11 is 0. The fourth-order valence-corrected chi connectivity index (χ4v) is 2.20. The predicted octanol–water partition coefficient (Wildman–Crippen LogP) is 2.60. The largest absolute Gasteiger partial charge is 0.449 e. The standard InChI is InChI=1S/C19H19NO4/c1-3-20-18(22)13(2)24-19(23)16-12-8-7-11-15(16)17(21)14-9-5-4-6-10-14/h4-13H,3H2,1-2H3,(H,20,22)/t13-/m0/s1. The quantitative estimate of drug-likeness (QED) is 0.654. The molecule has 0 heterocycles. The van der Waals surface area contributed by atoms with Gasteiger partial charge in [-0.3, -0.25) is 9.59 Å². The third-order valence-electron chi connectivity index (χ3n) is 3.43. The monoisotopic (exact) mass is 325 g/mol. The van der Waals surface area contributed by atoms with Gasteiger partial charge in [0.15, 0.2) is 11.9 Å². The van der Waals surface area contributed by atoms with Gasteiger partial charge < -0.3 is 10.1 Å². The Labute approximate surface area is 140 Å². The zero-order valence-electron chi connectivity index (χ0n) is 13.6. The highest BCUT2D eigenvalue weighted by atomic mass is 16.5. The minimum Gasteiger partial charge on any atom is -0.449 e. The van der Waals surface area contributed by atoms with Crippen LogP contribution >= 0.6 is 0 Å². The number of nitrogens with one attached hydrogen (secondary N) is 1. The van der Waals surface area contributed by atoms with Crippen LogP contribution in [0.3, 0.4) is 0 Å². The number of rotatable bonds is 6. The van der Waals surface area contributed by atoms with Gasteiger partial charge in [0.2, 0.25) is 0 Å². The number of likely N-dealkylation sites (N-methyl/N-ethyl adjacent to an activating group) is 1. The van der Waals surface area contributed by atoms with Crippen LogP contribution in [0.2, 0.25) is 0 Å². The minimum absolute atomic E-state index is 0.141. The Morgan fingerprint density at radius 3 is 2.17 bits per heavy atom. The number of carbonyl (C=O) groups excluding carboxylic acids is 3. The van der Waals surface area contributed by atoms with Crippen molar-refractivity contribution in [3.8, 4) is 0 Å². The number of amides is 1. The molecule has 0 aliphatic rings. The first-order chi connectivity index (χ1) is 11.5. The predicted molar refractivity (Wildman–Crippen MR) is 89.9 cm³/mol. The van der Waals surface area contributed by atoms with Crippen molar-refractivity contribution < 1.29 is 19.1 Å². The van der Waals surface area contributed by atoms with Gasteiger partial charge in [-0.2, -0.15) is 0 Å². The Bertz CT molecular complexity index is 740. The number of hydrogen-bond acceptors (Lipinski definition) is 4. The minimum atomic E-state index is -0.933. The molecule has 0 saturated heterocycles. The van der Waals surface area contributed by atoms with Crippen molar-refractivity contribution in [3.63, 3.8) is 0 Å². The van der Waals surface area contributed by atoms with Crippen LogP contribution in [0.5, 0.6) is 0 Å². The summed E-state index contributed by atoms with van der Waals surface area (Å²) in [6.45, 7) is 3.72. The highest BCUT2D eigenvalue weighted by molar-refractivity contribution is 6.14. The average Bonchev–Trinajstić information content (AvgIpc) is 2.62. The smallest absolute Gasteiger partial charge is 0.339 e. The van der Waals surface area contributed by atoms with Gasteiger partial charge in [-0.05, 0) is 19.9 Å². The van der Waals surface area contributed by atoms with E-state index in [0.29, 0.717) is 12.1 Å². The van der Waals surface area contributed by atoms with Crippen LogP contribution in [-0.2, 0) is 9.53 Å². The Morgan fingerprint density at radius 2 is 1.54 bits per heavy atom. The van der Waals surface area contributed by atoms with Crippen molar-refractivity contribution in [2.24, 2.45) is 0 Å². The molecule has 0 unspecified atom stereocenters. The number of carbonyl (C=O) groups is 3. The lowest BCUT2D eigenvalue weighted by Crippen LogP contribution is -2.35. The lowest BCUT2D eigenvalue weighted by Gasteiger charge is -2.14. The van der Waals surface area contributed by atoms with E-state index in [1.165, 1.54) is 13.0 Å². The Balaban J connectivity index is 2.24. The number of ketones is 1. The van der Waals surface area contributed by atoms with Gasteiger partial charge in [-0.25, -0.2) is 4.79 Å². The lowest BCUT2D eigenvalue weighted by atomic mass is 9.98. The van der Waals surface area contributed by atoms with Crippen LogP contribution in [0, 0.1) is 0 Å². The molecule has 1 N–H and O–H groups in total. The van der Waals surface area contributed by atoms with Crippen LogP contribution in [0.15, 0.2) is 54.6 Å². The van der Waals surface area contributed by atoms with Gasteiger partial charge in [-0.1, -0.05) is 48.5 Å². The second-order valence-corrected chi connectivity index (χ2v) is 5.18. The molecule has 5 heteroatoms. The third kappa shape index (κ3) is 4.07. The Kier molecular flexibility index (Phi) is 5.84. The second kappa shape index (κ2) is 8.06. The molecular formula is C19H19NO4. The van der Waals surface area contributed by atoms with Gasteiger partial charge >= 0.3 is 5.97 Å². The topological polar surface area (TPSA) is 72.5 Å². The highest BCUT2D eigenvalue weighted by Crippen LogP contribution is 2.16. The number of benzene rings is 2. The van der Waals surface area contributed by atoms with Crippen molar-refractivity contribution >= 4 is 17.7 Å². The molecule has 2 rings (SSSR count). The molecule has 1 amide bonds. The van der Waals surface area contributed by atoms with Gasteiger partial charge in [0, 0.05) is 17.7 Å². The molecule has 1 atom stereocenters. The number of esters is 1. The first kappa shape index (κ1) is 17.4. The van der Waals surface area contributed by atoms with Crippen molar-refractivity contribution in [2.75, 3.05) is 6.54 Å². The van der Waals surface area contributed by atoms with Crippen LogP contribution < -0.4 is 5.32 Å². The number of ether oxygens (including phenoxy) is 1. The first-order valence-corrected chi connectivity index (χ1v) is 7.72. The van der Waals surface area contributed by atoms with Crippen LogP contribution in [0.4, 0.5) is 0 Å². The van der Waals surface area contributed by atoms with E-state index < -0.39 is 12.1 Å². The fourth-order valence-electron chi connectivity index (χ4n) is 2.20. The van der Waals surface area contributed by atoms with Gasteiger partial charge in [0.05, 0.1) is 5.56 Å².